The number of aromatic nitrogens is 1. The first-order valence-electron chi connectivity index (χ1n) is 16.7. The number of likely N-dealkylation sites (tertiary alicyclic amines) is 1. The smallest absolute Gasteiger partial charge is 0.255 e. The Morgan fingerprint density at radius 2 is 1.90 bits per heavy atom. The summed E-state index contributed by atoms with van der Waals surface area (Å²) >= 11 is 0. The largest absolute Gasteiger partial charge is 0.496 e. The highest BCUT2D eigenvalue weighted by atomic mass is 19.1. The van der Waals surface area contributed by atoms with Gasteiger partial charge in [-0.05, 0) is 62.0 Å². The molecule has 4 amide bonds. The van der Waals surface area contributed by atoms with E-state index in [0.717, 1.165) is 43.6 Å². The molecule has 3 aliphatic rings. The van der Waals surface area contributed by atoms with Gasteiger partial charge in [0.15, 0.2) is 6.17 Å². The van der Waals surface area contributed by atoms with E-state index >= 15 is 0 Å². The van der Waals surface area contributed by atoms with Crippen LogP contribution in [0.5, 0.6) is 11.6 Å². The summed E-state index contributed by atoms with van der Waals surface area (Å²) in [5, 5.41) is 6.28. The molecule has 1 aromatic heterocycles. The van der Waals surface area contributed by atoms with Gasteiger partial charge >= 0.3 is 0 Å². The molecular formula is C37H40FN5O6. The number of piperidine rings is 2. The number of primary amides is 1. The number of rotatable bonds is 9. The quantitative estimate of drug-likeness (QED) is 0.232. The second-order valence-corrected chi connectivity index (χ2v) is 12.9. The zero-order valence-electron chi connectivity index (χ0n) is 27.6. The van der Waals surface area contributed by atoms with Gasteiger partial charge in [0.1, 0.15) is 12.4 Å². The van der Waals surface area contributed by atoms with Crippen molar-refractivity contribution in [3.8, 4) is 23.5 Å². The van der Waals surface area contributed by atoms with Crippen LogP contribution in [0.15, 0.2) is 42.6 Å². The predicted octanol–water partition coefficient (Wildman–Crippen LogP) is 3.37. The van der Waals surface area contributed by atoms with E-state index in [-0.39, 0.29) is 47.5 Å². The number of carbonyl (C=O) groups excluding carboxylic acids is 4. The van der Waals surface area contributed by atoms with Crippen LogP contribution < -0.4 is 25.8 Å². The summed E-state index contributed by atoms with van der Waals surface area (Å²) in [5.74, 6) is 4.79. The number of carbonyl (C=O) groups is 4. The standard InChI is InChI=1S/C37H40FN5O6/c1-3-25-30(41-36(47)33(25)38)20-49-37-28-17-31(48-2)29(34(39)45)16-27(28)24(18-40-37)8-7-21-11-13-43(14-12-21)19-22-5-4-6-23(15-22)26-9-10-32(44)42-35(26)46/h4-6,15-18,21,25-26,30,33H,3,9-14,19-20H2,1-2H3,(H2,39,45)(H,41,47)(H,42,44,46)/t25-,26?,30+,33-/m0/s1. The number of nitrogens with two attached hydrogens (primary N) is 1. The number of methoxy groups -OCH3 is 1. The van der Waals surface area contributed by atoms with Crippen LogP contribution in [0, 0.1) is 23.7 Å². The zero-order chi connectivity index (χ0) is 34.7. The van der Waals surface area contributed by atoms with Crippen LogP contribution in [-0.2, 0) is 20.9 Å². The molecule has 4 atom stereocenters. The number of alkyl halides is 1. The van der Waals surface area contributed by atoms with Gasteiger partial charge in [0.2, 0.25) is 17.7 Å². The molecule has 4 heterocycles. The Morgan fingerprint density at radius 3 is 2.61 bits per heavy atom. The summed E-state index contributed by atoms with van der Waals surface area (Å²) in [6.07, 6.45) is 3.10. The van der Waals surface area contributed by atoms with Gasteiger partial charge in [-0.2, -0.15) is 0 Å². The van der Waals surface area contributed by atoms with Gasteiger partial charge in [0.05, 0.1) is 30.2 Å². The lowest BCUT2D eigenvalue weighted by molar-refractivity contribution is -0.134. The van der Waals surface area contributed by atoms with Crippen LogP contribution in [0.2, 0.25) is 0 Å². The van der Waals surface area contributed by atoms with Crippen LogP contribution in [-0.4, -0.2) is 72.5 Å². The van der Waals surface area contributed by atoms with Crippen molar-refractivity contribution in [3.05, 3.63) is 64.8 Å². The van der Waals surface area contributed by atoms with Gasteiger partial charge < -0.3 is 20.5 Å². The third-order valence-corrected chi connectivity index (χ3v) is 9.78. The first-order chi connectivity index (χ1) is 23.6. The summed E-state index contributed by atoms with van der Waals surface area (Å²) in [7, 11) is 1.44. The number of nitrogens with one attached hydrogen (secondary N) is 2. The van der Waals surface area contributed by atoms with Gasteiger partial charge in [-0.1, -0.05) is 43.0 Å². The van der Waals surface area contributed by atoms with Gasteiger partial charge in [-0.25, -0.2) is 9.37 Å². The number of hydrogen-bond acceptors (Lipinski definition) is 8. The van der Waals surface area contributed by atoms with E-state index < -0.39 is 29.9 Å². The monoisotopic (exact) mass is 669 g/mol. The fraction of sp³-hybridized carbons (Fsp3) is 0.432. The molecule has 3 fully saturated rings. The van der Waals surface area contributed by atoms with Gasteiger partial charge in [-0.3, -0.25) is 29.4 Å². The van der Waals surface area contributed by atoms with E-state index in [0.29, 0.717) is 35.6 Å². The number of benzene rings is 2. The highest BCUT2D eigenvalue weighted by Gasteiger charge is 2.42. The van der Waals surface area contributed by atoms with Crippen LogP contribution in [0.3, 0.4) is 0 Å². The lowest BCUT2D eigenvalue weighted by atomic mass is 9.89. The number of amides is 4. The molecule has 3 saturated heterocycles. The summed E-state index contributed by atoms with van der Waals surface area (Å²) in [6.45, 7) is 4.32. The molecule has 0 spiro atoms. The van der Waals surface area contributed by atoms with Crippen molar-refractivity contribution in [2.45, 2.75) is 63.7 Å². The van der Waals surface area contributed by atoms with Crippen molar-refractivity contribution in [3.63, 3.8) is 0 Å². The van der Waals surface area contributed by atoms with E-state index in [9.17, 15) is 23.6 Å². The van der Waals surface area contributed by atoms with Crippen LogP contribution >= 0.6 is 0 Å². The molecule has 3 aliphatic heterocycles. The minimum absolute atomic E-state index is 0.0253. The van der Waals surface area contributed by atoms with E-state index in [1.54, 1.807) is 18.3 Å². The summed E-state index contributed by atoms with van der Waals surface area (Å²) in [4.78, 5) is 55.1. The average molecular weight is 670 g/mol. The van der Waals surface area contributed by atoms with Crippen molar-refractivity contribution in [1.82, 2.24) is 20.5 Å². The molecule has 11 nitrogen and oxygen atoms in total. The number of hydrogen-bond donors (Lipinski definition) is 3. The summed E-state index contributed by atoms with van der Waals surface area (Å²) in [6, 6.07) is 10.8. The molecule has 3 aromatic rings. The topological polar surface area (TPSA) is 153 Å². The van der Waals surface area contributed by atoms with Crippen molar-refractivity contribution >= 4 is 34.4 Å². The fourth-order valence-electron chi connectivity index (χ4n) is 7.00. The van der Waals surface area contributed by atoms with Crippen LogP contribution in [0.1, 0.15) is 72.0 Å². The molecule has 12 heteroatoms. The third-order valence-electron chi connectivity index (χ3n) is 9.78. The van der Waals surface area contributed by atoms with Gasteiger partial charge in [-0.15, -0.1) is 0 Å². The van der Waals surface area contributed by atoms with Crippen LogP contribution in [0.25, 0.3) is 10.8 Å². The van der Waals surface area contributed by atoms with E-state index in [1.807, 2.05) is 19.1 Å². The number of imide groups is 1. The minimum Gasteiger partial charge on any atom is -0.496 e. The Morgan fingerprint density at radius 1 is 1.10 bits per heavy atom. The Balaban J connectivity index is 1.15. The normalized spacial score (nSPS) is 23.0. The Bertz CT molecular complexity index is 1850. The molecule has 256 valence electrons. The van der Waals surface area contributed by atoms with Gasteiger partial charge in [0, 0.05) is 41.8 Å². The minimum atomic E-state index is -1.58. The maximum absolute atomic E-state index is 14.4. The number of nitrogens with zero attached hydrogens (tertiary/aromatic N) is 2. The molecule has 49 heavy (non-hydrogen) atoms. The molecule has 0 bridgehead atoms. The molecule has 1 unspecified atom stereocenters. The lowest BCUT2D eigenvalue weighted by Gasteiger charge is -2.30. The Labute approximate surface area is 284 Å². The first-order valence-corrected chi connectivity index (χ1v) is 16.7. The Hall–Kier alpha value is -5.02. The number of halogens is 1. The molecule has 0 radical (unpaired) electrons. The van der Waals surface area contributed by atoms with E-state index in [2.05, 4.69) is 44.5 Å². The molecule has 2 aromatic carbocycles. The number of ether oxygens (including phenoxy) is 2. The lowest BCUT2D eigenvalue weighted by Crippen LogP contribution is -2.39. The van der Waals surface area contributed by atoms with E-state index in [1.165, 1.54) is 7.11 Å². The fourth-order valence-corrected chi connectivity index (χ4v) is 7.00. The SMILES string of the molecule is CC[C@@H]1[C@H](F)C(=O)N[C@@H]1COc1ncc(C#CC2CCN(Cc3cccc(C4CCC(=O)NC4=O)c3)CC2)c2cc(C(N)=O)c(OC)cc12. The highest BCUT2D eigenvalue weighted by Crippen LogP contribution is 2.34. The number of fused-ring (bicyclic) bond motifs is 1. The van der Waals surface area contributed by atoms with E-state index in [4.69, 9.17) is 15.2 Å². The first kappa shape index (κ1) is 33.9. The zero-order valence-corrected chi connectivity index (χ0v) is 27.6. The third kappa shape index (κ3) is 7.37. The number of pyridine rings is 1. The summed E-state index contributed by atoms with van der Waals surface area (Å²) < 4.78 is 25.8. The van der Waals surface area contributed by atoms with Crippen molar-refractivity contribution in [2.24, 2.45) is 17.6 Å². The Kier molecular flexibility index (Phi) is 10.1. The molecule has 6 rings (SSSR count). The second kappa shape index (κ2) is 14.6. The highest BCUT2D eigenvalue weighted by molar-refractivity contribution is 6.03. The predicted molar refractivity (Wildman–Crippen MR) is 179 cm³/mol. The molecule has 4 N–H and O–H groups in total. The van der Waals surface area contributed by atoms with Crippen molar-refractivity contribution in [1.29, 1.82) is 0 Å². The maximum atomic E-state index is 14.4. The average Bonchev–Trinajstić information content (AvgIpc) is 3.37. The molecule has 0 saturated carbocycles. The molecule has 0 aliphatic carbocycles. The second-order valence-electron chi connectivity index (χ2n) is 12.9. The van der Waals surface area contributed by atoms with Crippen molar-refractivity contribution < 1.29 is 33.0 Å². The van der Waals surface area contributed by atoms with Gasteiger partial charge in [0.25, 0.3) is 11.8 Å². The van der Waals surface area contributed by atoms with Crippen molar-refractivity contribution in [2.75, 3.05) is 26.8 Å². The maximum Gasteiger partial charge on any atom is 0.255 e. The molecular weight excluding hydrogens is 629 g/mol. The summed E-state index contributed by atoms with van der Waals surface area (Å²) in [5.41, 5.74) is 8.52. The van der Waals surface area contributed by atoms with Crippen LogP contribution in [0.4, 0.5) is 4.39 Å².